The molecule has 0 bridgehead atoms. The molecule has 160 valence electrons. The molecule has 8 nitrogen and oxygen atoms in total. The number of H-pyrrole nitrogens is 1. The van der Waals surface area contributed by atoms with Crippen LogP contribution in [0.3, 0.4) is 0 Å². The lowest BCUT2D eigenvalue weighted by Crippen LogP contribution is -2.25. The number of fused-ring (bicyclic) bond motifs is 1. The second-order valence-electron chi connectivity index (χ2n) is 8.27. The van der Waals surface area contributed by atoms with Crippen LogP contribution in [-0.4, -0.2) is 70.6 Å². The van der Waals surface area contributed by atoms with Crippen molar-refractivity contribution in [1.82, 2.24) is 24.5 Å². The van der Waals surface area contributed by atoms with Gasteiger partial charge < -0.3 is 9.72 Å². The monoisotopic (exact) mass is 410 g/mol. The van der Waals surface area contributed by atoms with E-state index in [1.165, 1.54) is 0 Å². The Morgan fingerprint density at radius 1 is 1.40 bits per heavy atom. The lowest BCUT2D eigenvalue weighted by Gasteiger charge is -2.21. The van der Waals surface area contributed by atoms with Crippen LogP contribution in [0.1, 0.15) is 43.3 Å². The van der Waals surface area contributed by atoms with Gasteiger partial charge in [0, 0.05) is 57.9 Å². The molecule has 0 saturated carbocycles. The molecule has 4 heterocycles. The van der Waals surface area contributed by atoms with E-state index in [-0.39, 0.29) is 17.4 Å². The fraction of sp³-hybridized carbons (Fsp3) is 0.545. The topological polar surface area (TPSA) is 87.9 Å². The van der Waals surface area contributed by atoms with Crippen molar-refractivity contribution < 1.29 is 4.74 Å². The van der Waals surface area contributed by atoms with Gasteiger partial charge in [-0.25, -0.2) is 9.50 Å². The van der Waals surface area contributed by atoms with Crippen LogP contribution < -0.4 is 5.56 Å². The van der Waals surface area contributed by atoms with Crippen molar-refractivity contribution in [2.45, 2.75) is 31.6 Å². The van der Waals surface area contributed by atoms with E-state index in [4.69, 9.17) is 9.84 Å². The summed E-state index contributed by atoms with van der Waals surface area (Å²) >= 11 is 0. The van der Waals surface area contributed by atoms with Gasteiger partial charge in [0.1, 0.15) is 11.6 Å². The normalized spacial score (nSPS) is 24.3. The Hall–Kier alpha value is -2.58. The van der Waals surface area contributed by atoms with Gasteiger partial charge in [-0.1, -0.05) is 19.6 Å². The average molecular weight is 411 g/mol. The first-order valence-electron chi connectivity index (χ1n) is 10.6. The number of imidazole rings is 1. The number of hydrogen-bond acceptors (Lipinski definition) is 6. The zero-order valence-electron chi connectivity index (χ0n) is 17.8. The van der Waals surface area contributed by atoms with E-state index in [1.54, 1.807) is 24.0 Å². The van der Waals surface area contributed by atoms with Gasteiger partial charge in [0.2, 0.25) is 0 Å². The van der Waals surface area contributed by atoms with E-state index >= 15 is 0 Å². The molecule has 2 saturated heterocycles. The molecule has 4 rings (SSSR count). The lowest BCUT2D eigenvalue weighted by atomic mass is 9.97. The van der Waals surface area contributed by atoms with Gasteiger partial charge in [-0.2, -0.15) is 5.10 Å². The summed E-state index contributed by atoms with van der Waals surface area (Å²) in [6.07, 6.45) is 9.11. The molecule has 30 heavy (non-hydrogen) atoms. The van der Waals surface area contributed by atoms with E-state index in [1.807, 2.05) is 12.2 Å². The highest BCUT2D eigenvalue weighted by Gasteiger charge is 2.33. The smallest absolute Gasteiger partial charge is 0.276 e. The number of aromatic amines is 1. The van der Waals surface area contributed by atoms with Crippen LogP contribution >= 0.6 is 0 Å². The summed E-state index contributed by atoms with van der Waals surface area (Å²) in [4.78, 5) is 26.7. The summed E-state index contributed by atoms with van der Waals surface area (Å²) in [6.45, 7) is 10.2. The summed E-state index contributed by atoms with van der Waals surface area (Å²) in [5, 5.41) is 4.86. The third kappa shape index (κ3) is 4.15. The molecule has 1 N–H and O–H groups in total. The Balaban J connectivity index is 1.59. The molecule has 8 heteroatoms. The predicted octanol–water partition coefficient (Wildman–Crippen LogP) is 2.16. The van der Waals surface area contributed by atoms with Crippen molar-refractivity contribution in [3.8, 4) is 0 Å². The number of allylic oxidation sites excluding steroid dienone is 1. The van der Waals surface area contributed by atoms with Crippen LogP contribution in [0.5, 0.6) is 0 Å². The zero-order chi connectivity index (χ0) is 21.1. The summed E-state index contributed by atoms with van der Waals surface area (Å²) in [6, 6.07) is 0. The third-order valence-electron chi connectivity index (χ3n) is 6.18. The Morgan fingerprint density at radius 2 is 2.20 bits per heavy atom. The van der Waals surface area contributed by atoms with Crippen molar-refractivity contribution >= 4 is 11.7 Å². The molecule has 0 aromatic carbocycles. The van der Waals surface area contributed by atoms with Crippen molar-refractivity contribution in [3.63, 3.8) is 0 Å². The van der Waals surface area contributed by atoms with Crippen molar-refractivity contribution in [1.29, 1.82) is 0 Å². The van der Waals surface area contributed by atoms with Crippen LogP contribution in [0.15, 0.2) is 40.3 Å². The van der Waals surface area contributed by atoms with Crippen molar-refractivity contribution in [2.24, 2.45) is 10.9 Å². The highest BCUT2D eigenvalue weighted by atomic mass is 16.5. The van der Waals surface area contributed by atoms with Crippen molar-refractivity contribution in [3.05, 3.63) is 52.5 Å². The number of aromatic nitrogens is 4. The quantitative estimate of drug-likeness (QED) is 0.582. The molecule has 2 aromatic rings. The van der Waals surface area contributed by atoms with Gasteiger partial charge >= 0.3 is 0 Å². The lowest BCUT2D eigenvalue weighted by molar-refractivity contribution is 0.0832. The Labute approximate surface area is 176 Å². The summed E-state index contributed by atoms with van der Waals surface area (Å²) in [5.41, 5.74) is 1.52. The van der Waals surface area contributed by atoms with Gasteiger partial charge in [-0.05, 0) is 30.4 Å². The van der Waals surface area contributed by atoms with Gasteiger partial charge in [0.05, 0.1) is 6.20 Å². The molecule has 2 atom stereocenters. The molecule has 0 amide bonds. The van der Waals surface area contributed by atoms with Crippen LogP contribution in [0.4, 0.5) is 0 Å². The number of ether oxygens (including phenoxy) is 1. The number of nitrogens with one attached hydrogen (secondary N) is 1. The Morgan fingerprint density at radius 3 is 2.93 bits per heavy atom. The molecule has 2 fully saturated rings. The van der Waals surface area contributed by atoms with Crippen LogP contribution in [0, 0.1) is 5.92 Å². The minimum Gasteiger partial charge on any atom is -0.381 e. The Kier molecular flexibility index (Phi) is 6.24. The largest absolute Gasteiger partial charge is 0.381 e. The minimum absolute atomic E-state index is 0.123. The average Bonchev–Trinajstić information content (AvgIpc) is 3.35. The van der Waals surface area contributed by atoms with E-state index in [0.29, 0.717) is 11.4 Å². The standard InChI is InChI=1S/C22H30N6O2/c1-4-16(5-8-23-3)13-27-12-15(2)18(14-27)20-25-22(29)19-11-24-21(28(19)26-20)17-6-9-30-10-7-17/h4-5,8,11,15,17-18H,1,6-7,9-10,12-14H2,2-3H3,(H,25,26,29)/b16-5+,23-8?. The van der Waals surface area contributed by atoms with Gasteiger partial charge in [0.25, 0.3) is 5.56 Å². The predicted molar refractivity (Wildman–Crippen MR) is 117 cm³/mol. The van der Waals surface area contributed by atoms with E-state index in [9.17, 15) is 4.79 Å². The number of nitrogens with zero attached hydrogens (tertiary/aromatic N) is 5. The molecule has 2 unspecified atom stereocenters. The Bertz CT molecular complexity index is 1010. The first-order valence-corrected chi connectivity index (χ1v) is 10.6. The molecular weight excluding hydrogens is 380 g/mol. The maximum absolute atomic E-state index is 12.8. The molecular formula is C22H30N6O2. The first-order chi connectivity index (χ1) is 14.6. The van der Waals surface area contributed by atoms with E-state index in [2.05, 4.69) is 33.4 Å². The first kappa shape index (κ1) is 20.7. The maximum Gasteiger partial charge on any atom is 0.276 e. The fourth-order valence-electron chi connectivity index (χ4n) is 4.50. The van der Waals surface area contributed by atoms with E-state index in [0.717, 1.165) is 62.9 Å². The highest BCUT2D eigenvalue weighted by molar-refractivity contribution is 5.72. The molecule has 2 aromatic heterocycles. The zero-order valence-corrected chi connectivity index (χ0v) is 17.8. The van der Waals surface area contributed by atoms with Crippen LogP contribution in [0.2, 0.25) is 0 Å². The van der Waals surface area contributed by atoms with Crippen LogP contribution in [0.25, 0.3) is 5.52 Å². The molecule has 2 aliphatic rings. The SMILES string of the molecule is C=C/C(=C\C=NC)CN1CC(C)C(c2nn3c(C4CCOCC4)ncc3c(=O)[nH]2)C1. The second kappa shape index (κ2) is 9.06. The minimum atomic E-state index is -0.123. The summed E-state index contributed by atoms with van der Waals surface area (Å²) in [5.74, 6) is 2.44. The van der Waals surface area contributed by atoms with Crippen LogP contribution in [-0.2, 0) is 4.74 Å². The maximum atomic E-state index is 12.8. The third-order valence-corrected chi connectivity index (χ3v) is 6.18. The van der Waals surface area contributed by atoms with Gasteiger partial charge in [0.15, 0.2) is 5.52 Å². The summed E-state index contributed by atoms with van der Waals surface area (Å²) in [7, 11) is 1.76. The number of hydrogen-bond donors (Lipinski definition) is 1. The van der Waals surface area contributed by atoms with Gasteiger partial charge in [-0.15, -0.1) is 0 Å². The second-order valence-corrected chi connectivity index (χ2v) is 8.27. The van der Waals surface area contributed by atoms with Gasteiger partial charge in [-0.3, -0.25) is 14.7 Å². The molecule has 0 spiro atoms. The fourth-order valence-corrected chi connectivity index (χ4v) is 4.50. The van der Waals surface area contributed by atoms with Crippen molar-refractivity contribution in [2.75, 3.05) is 39.9 Å². The van der Waals surface area contributed by atoms with E-state index < -0.39 is 0 Å². The molecule has 0 aliphatic carbocycles. The molecule has 0 radical (unpaired) electrons. The number of rotatable bonds is 6. The summed E-state index contributed by atoms with van der Waals surface area (Å²) < 4.78 is 7.25. The number of likely N-dealkylation sites (tertiary alicyclic amines) is 1. The number of aliphatic imine (C=N–C) groups is 1. The molecule has 2 aliphatic heterocycles. The highest BCUT2D eigenvalue weighted by Crippen LogP contribution is 2.31.